The van der Waals surface area contributed by atoms with E-state index >= 15 is 0 Å². The number of anilines is 1. The highest BCUT2D eigenvalue weighted by atomic mass is 35.5. The molecule has 1 heterocycles. The van der Waals surface area contributed by atoms with E-state index in [2.05, 4.69) is 48.4 Å². The molecule has 19 heavy (non-hydrogen) atoms. The Morgan fingerprint density at radius 1 is 1.16 bits per heavy atom. The van der Waals surface area contributed by atoms with Crippen LogP contribution in [0, 0.1) is 0 Å². The Balaban J connectivity index is 2.15. The Labute approximate surface area is 119 Å². The first kappa shape index (κ1) is 13.9. The predicted molar refractivity (Wildman–Crippen MR) is 81.7 cm³/mol. The third-order valence-electron chi connectivity index (χ3n) is 3.27. The minimum absolute atomic E-state index is 0.296. The Morgan fingerprint density at radius 2 is 1.89 bits per heavy atom. The molecule has 2 rings (SSSR count). The molecule has 2 nitrogen and oxygen atoms in total. The van der Waals surface area contributed by atoms with Crippen molar-refractivity contribution in [3.63, 3.8) is 0 Å². The van der Waals surface area contributed by atoms with Crippen molar-refractivity contribution < 1.29 is 0 Å². The monoisotopic (exact) mass is 274 g/mol. The number of benzene rings is 1. The Bertz CT molecular complexity index is 523. The van der Waals surface area contributed by atoms with Crippen LogP contribution in [0.4, 0.5) is 5.69 Å². The minimum atomic E-state index is 0.296. The van der Waals surface area contributed by atoms with Crippen LogP contribution >= 0.6 is 11.6 Å². The molecule has 0 spiro atoms. The van der Waals surface area contributed by atoms with Gasteiger partial charge >= 0.3 is 0 Å². The summed E-state index contributed by atoms with van der Waals surface area (Å²) in [6.07, 6.45) is 3.81. The van der Waals surface area contributed by atoms with Crippen molar-refractivity contribution in [3.8, 4) is 0 Å². The summed E-state index contributed by atoms with van der Waals surface area (Å²) in [7, 11) is 0. The van der Waals surface area contributed by atoms with Crippen LogP contribution < -0.4 is 5.32 Å². The van der Waals surface area contributed by atoms with Gasteiger partial charge in [0.25, 0.3) is 0 Å². The molecule has 0 amide bonds. The highest BCUT2D eigenvalue weighted by molar-refractivity contribution is 6.29. The third kappa shape index (κ3) is 3.71. The van der Waals surface area contributed by atoms with Crippen LogP contribution in [-0.4, -0.2) is 4.98 Å². The fourth-order valence-corrected chi connectivity index (χ4v) is 2.27. The molecule has 1 aromatic heterocycles. The number of pyridine rings is 1. The standard InChI is InChI=1S/C16H19ClN2/c1-3-12-5-7-13(8-6-12)15(4-2)19-14-9-10-18-16(17)11-14/h5-11,15H,3-4H2,1-2H3,(H,18,19). The lowest BCUT2D eigenvalue weighted by molar-refractivity contribution is 0.748. The zero-order chi connectivity index (χ0) is 13.7. The molecule has 1 atom stereocenters. The van der Waals surface area contributed by atoms with Gasteiger partial charge in [-0.25, -0.2) is 4.98 Å². The molecule has 0 aliphatic rings. The summed E-state index contributed by atoms with van der Waals surface area (Å²) in [5.41, 5.74) is 3.67. The van der Waals surface area contributed by atoms with E-state index in [4.69, 9.17) is 11.6 Å². The van der Waals surface area contributed by atoms with Crippen LogP contribution in [0.1, 0.15) is 37.4 Å². The first-order chi connectivity index (χ1) is 9.22. The molecule has 0 fully saturated rings. The molecule has 1 N–H and O–H groups in total. The molecular formula is C16H19ClN2. The largest absolute Gasteiger partial charge is 0.378 e. The summed E-state index contributed by atoms with van der Waals surface area (Å²) in [5, 5.41) is 4.01. The Hall–Kier alpha value is -1.54. The molecule has 1 unspecified atom stereocenters. The van der Waals surface area contributed by atoms with E-state index in [1.165, 1.54) is 11.1 Å². The number of hydrogen-bond acceptors (Lipinski definition) is 2. The van der Waals surface area contributed by atoms with Crippen molar-refractivity contribution >= 4 is 17.3 Å². The quantitative estimate of drug-likeness (QED) is 0.788. The summed E-state index contributed by atoms with van der Waals surface area (Å²) in [6.45, 7) is 4.34. The second-order valence-corrected chi connectivity index (χ2v) is 4.95. The average Bonchev–Trinajstić information content (AvgIpc) is 2.45. The maximum Gasteiger partial charge on any atom is 0.131 e. The van der Waals surface area contributed by atoms with Crippen LogP contribution in [0.2, 0.25) is 5.15 Å². The zero-order valence-corrected chi connectivity index (χ0v) is 12.1. The van der Waals surface area contributed by atoms with Gasteiger partial charge in [-0.2, -0.15) is 0 Å². The lowest BCUT2D eigenvalue weighted by Crippen LogP contribution is -2.09. The van der Waals surface area contributed by atoms with E-state index < -0.39 is 0 Å². The van der Waals surface area contributed by atoms with Gasteiger partial charge in [0, 0.05) is 11.9 Å². The van der Waals surface area contributed by atoms with Crippen LogP contribution in [-0.2, 0) is 6.42 Å². The second-order valence-electron chi connectivity index (χ2n) is 4.57. The van der Waals surface area contributed by atoms with E-state index in [-0.39, 0.29) is 0 Å². The van der Waals surface area contributed by atoms with Gasteiger partial charge in [-0.1, -0.05) is 49.7 Å². The molecule has 100 valence electrons. The van der Waals surface area contributed by atoms with Gasteiger partial charge < -0.3 is 5.32 Å². The molecule has 0 radical (unpaired) electrons. The number of nitrogens with one attached hydrogen (secondary N) is 1. The fourth-order valence-electron chi connectivity index (χ4n) is 2.10. The third-order valence-corrected chi connectivity index (χ3v) is 3.47. The lowest BCUT2D eigenvalue weighted by Gasteiger charge is -2.19. The van der Waals surface area contributed by atoms with Gasteiger partial charge in [0.05, 0.1) is 6.04 Å². The molecule has 2 aromatic rings. The smallest absolute Gasteiger partial charge is 0.131 e. The molecule has 0 bridgehead atoms. The normalized spacial score (nSPS) is 12.2. The molecule has 0 saturated carbocycles. The van der Waals surface area contributed by atoms with Gasteiger partial charge in [-0.05, 0) is 36.1 Å². The summed E-state index contributed by atoms with van der Waals surface area (Å²) >= 11 is 5.91. The number of halogens is 1. The van der Waals surface area contributed by atoms with Crippen molar-refractivity contribution in [2.45, 2.75) is 32.7 Å². The van der Waals surface area contributed by atoms with E-state index in [0.717, 1.165) is 18.5 Å². The van der Waals surface area contributed by atoms with Crippen LogP contribution in [0.25, 0.3) is 0 Å². The number of rotatable bonds is 5. The van der Waals surface area contributed by atoms with Gasteiger partial charge in [-0.15, -0.1) is 0 Å². The SMILES string of the molecule is CCc1ccc(C(CC)Nc2ccnc(Cl)c2)cc1. The van der Waals surface area contributed by atoms with Crippen molar-refractivity contribution in [1.29, 1.82) is 0 Å². The lowest BCUT2D eigenvalue weighted by atomic mass is 10.0. The van der Waals surface area contributed by atoms with Gasteiger partial charge in [0.2, 0.25) is 0 Å². The molecule has 0 aliphatic heterocycles. The average molecular weight is 275 g/mol. The van der Waals surface area contributed by atoms with E-state index in [0.29, 0.717) is 11.2 Å². The first-order valence-corrected chi connectivity index (χ1v) is 7.07. The molecule has 1 aromatic carbocycles. The highest BCUT2D eigenvalue weighted by Crippen LogP contribution is 2.23. The van der Waals surface area contributed by atoms with E-state index in [1.807, 2.05) is 12.1 Å². The van der Waals surface area contributed by atoms with Gasteiger partial charge in [-0.3, -0.25) is 0 Å². The summed E-state index contributed by atoms with van der Waals surface area (Å²) < 4.78 is 0. The first-order valence-electron chi connectivity index (χ1n) is 6.69. The Morgan fingerprint density at radius 3 is 2.47 bits per heavy atom. The number of aromatic nitrogens is 1. The molecule has 0 saturated heterocycles. The van der Waals surface area contributed by atoms with Gasteiger partial charge in [0.1, 0.15) is 5.15 Å². The highest BCUT2D eigenvalue weighted by Gasteiger charge is 2.09. The number of aryl methyl sites for hydroxylation is 1. The van der Waals surface area contributed by atoms with E-state index in [1.54, 1.807) is 6.20 Å². The summed E-state index contributed by atoms with van der Waals surface area (Å²) in [5.74, 6) is 0. The molecule has 0 aliphatic carbocycles. The van der Waals surface area contributed by atoms with Crippen molar-refractivity contribution in [2.75, 3.05) is 5.32 Å². The fraction of sp³-hybridized carbons (Fsp3) is 0.312. The zero-order valence-electron chi connectivity index (χ0n) is 11.4. The minimum Gasteiger partial charge on any atom is -0.378 e. The summed E-state index contributed by atoms with van der Waals surface area (Å²) in [6, 6.07) is 12.9. The summed E-state index contributed by atoms with van der Waals surface area (Å²) in [4.78, 5) is 3.99. The van der Waals surface area contributed by atoms with Crippen LogP contribution in [0.5, 0.6) is 0 Å². The van der Waals surface area contributed by atoms with Gasteiger partial charge in [0.15, 0.2) is 0 Å². The maximum atomic E-state index is 5.91. The van der Waals surface area contributed by atoms with Crippen LogP contribution in [0.3, 0.4) is 0 Å². The molecular weight excluding hydrogens is 256 g/mol. The molecule has 3 heteroatoms. The number of hydrogen-bond donors (Lipinski definition) is 1. The Kier molecular flexibility index (Phi) is 4.80. The topological polar surface area (TPSA) is 24.9 Å². The second kappa shape index (κ2) is 6.58. The van der Waals surface area contributed by atoms with Crippen molar-refractivity contribution in [3.05, 3.63) is 58.9 Å². The van der Waals surface area contributed by atoms with Crippen molar-refractivity contribution in [2.24, 2.45) is 0 Å². The van der Waals surface area contributed by atoms with Crippen molar-refractivity contribution in [1.82, 2.24) is 4.98 Å². The predicted octanol–water partition coefficient (Wildman–Crippen LogP) is 4.86. The maximum absolute atomic E-state index is 5.91. The number of nitrogens with zero attached hydrogens (tertiary/aromatic N) is 1. The van der Waals surface area contributed by atoms with E-state index in [9.17, 15) is 0 Å². The van der Waals surface area contributed by atoms with Crippen LogP contribution in [0.15, 0.2) is 42.6 Å².